The number of rotatable bonds is 4. The first-order valence-electron chi connectivity index (χ1n) is 6.34. The van der Waals surface area contributed by atoms with Gasteiger partial charge in [0.15, 0.2) is 0 Å². The minimum atomic E-state index is -4.42. The van der Waals surface area contributed by atoms with Gasteiger partial charge in [0, 0.05) is 5.56 Å². The molecule has 1 atom stereocenters. The summed E-state index contributed by atoms with van der Waals surface area (Å²) in [5, 5.41) is 3.10. The Labute approximate surface area is 120 Å². The van der Waals surface area contributed by atoms with Gasteiger partial charge in [-0.1, -0.05) is 18.2 Å². The van der Waals surface area contributed by atoms with Crippen LogP contribution in [0.25, 0.3) is 0 Å². The Hall–Kier alpha value is -2.24. The van der Waals surface area contributed by atoms with Gasteiger partial charge in [-0.15, -0.1) is 0 Å². The Morgan fingerprint density at radius 3 is 2.43 bits per heavy atom. The van der Waals surface area contributed by atoms with Gasteiger partial charge in [-0.2, -0.15) is 13.2 Å². The van der Waals surface area contributed by atoms with E-state index in [2.05, 4.69) is 10.3 Å². The molecule has 1 unspecified atom stereocenters. The van der Waals surface area contributed by atoms with Crippen molar-refractivity contribution in [2.24, 2.45) is 0 Å². The quantitative estimate of drug-likeness (QED) is 0.914. The van der Waals surface area contributed by atoms with Gasteiger partial charge >= 0.3 is 6.18 Å². The minimum Gasteiger partial charge on any atom is -0.496 e. The van der Waals surface area contributed by atoms with Gasteiger partial charge < -0.3 is 10.1 Å². The van der Waals surface area contributed by atoms with Crippen LogP contribution in [0.4, 0.5) is 18.9 Å². The van der Waals surface area contributed by atoms with Gasteiger partial charge in [0.25, 0.3) is 0 Å². The van der Waals surface area contributed by atoms with E-state index in [0.717, 1.165) is 17.4 Å². The van der Waals surface area contributed by atoms with E-state index in [1.54, 1.807) is 7.11 Å². The first-order chi connectivity index (χ1) is 9.91. The lowest BCUT2D eigenvalue weighted by Crippen LogP contribution is -2.10. The number of methoxy groups -OCH3 is 1. The van der Waals surface area contributed by atoms with Gasteiger partial charge in [-0.3, -0.25) is 0 Å². The fourth-order valence-electron chi connectivity index (χ4n) is 2.00. The number of alkyl halides is 3. The first-order valence-corrected chi connectivity index (χ1v) is 6.34. The molecule has 1 aromatic heterocycles. The van der Waals surface area contributed by atoms with Crippen LogP contribution in [-0.4, -0.2) is 12.1 Å². The summed E-state index contributed by atoms with van der Waals surface area (Å²) < 4.78 is 42.6. The number of pyridine rings is 1. The van der Waals surface area contributed by atoms with E-state index in [9.17, 15) is 13.2 Å². The molecule has 0 bridgehead atoms. The van der Waals surface area contributed by atoms with Crippen molar-refractivity contribution in [3.8, 4) is 5.75 Å². The summed E-state index contributed by atoms with van der Waals surface area (Å²) in [6.07, 6.45) is -3.25. The molecule has 0 spiro atoms. The molecule has 0 amide bonds. The lowest BCUT2D eigenvalue weighted by molar-refractivity contribution is -0.141. The lowest BCUT2D eigenvalue weighted by Gasteiger charge is -2.18. The highest BCUT2D eigenvalue weighted by Gasteiger charge is 2.32. The number of hydrogen-bond donors (Lipinski definition) is 1. The number of nitrogens with one attached hydrogen (secondary N) is 1. The summed E-state index contributed by atoms with van der Waals surface area (Å²) in [5.74, 6) is 0.720. The number of nitrogens with zero attached hydrogens (tertiary/aromatic N) is 1. The van der Waals surface area contributed by atoms with Crippen molar-refractivity contribution in [1.29, 1.82) is 0 Å². The third-order valence-corrected chi connectivity index (χ3v) is 3.04. The Balaban J connectivity index is 2.14. The second kappa shape index (κ2) is 6.03. The summed E-state index contributed by atoms with van der Waals surface area (Å²) in [6, 6.07) is 9.65. The number of para-hydroxylation sites is 1. The molecule has 0 aliphatic heterocycles. The standard InChI is InChI=1S/C15H15F3N2O/c1-10(12-5-3-4-6-13(12)21-2)20-11-7-8-14(19-9-11)15(16,17)18/h3-10,20H,1-2H3. The molecule has 1 aromatic carbocycles. The fraction of sp³-hybridized carbons (Fsp3) is 0.267. The van der Waals surface area contributed by atoms with E-state index < -0.39 is 11.9 Å². The Kier molecular flexibility index (Phi) is 4.35. The van der Waals surface area contributed by atoms with Gasteiger partial charge in [0.2, 0.25) is 0 Å². The number of halogens is 3. The van der Waals surface area contributed by atoms with Crippen LogP contribution in [-0.2, 0) is 6.18 Å². The van der Waals surface area contributed by atoms with Crippen LogP contribution in [0.3, 0.4) is 0 Å². The summed E-state index contributed by atoms with van der Waals surface area (Å²) in [5.41, 5.74) is 0.527. The molecule has 0 saturated heterocycles. The molecule has 0 radical (unpaired) electrons. The molecule has 0 aliphatic rings. The molecule has 0 fully saturated rings. The zero-order valence-corrected chi connectivity index (χ0v) is 11.6. The van der Waals surface area contributed by atoms with Crippen LogP contribution in [0, 0.1) is 0 Å². The fourth-order valence-corrected chi connectivity index (χ4v) is 2.00. The van der Waals surface area contributed by atoms with E-state index in [4.69, 9.17) is 4.74 Å². The molecule has 2 aromatic rings. The van der Waals surface area contributed by atoms with E-state index in [1.807, 2.05) is 31.2 Å². The topological polar surface area (TPSA) is 34.1 Å². The molecule has 1 heterocycles. The van der Waals surface area contributed by atoms with Crippen LogP contribution < -0.4 is 10.1 Å². The molecule has 21 heavy (non-hydrogen) atoms. The monoisotopic (exact) mass is 296 g/mol. The SMILES string of the molecule is COc1ccccc1C(C)Nc1ccc(C(F)(F)F)nc1. The van der Waals surface area contributed by atoms with E-state index in [0.29, 0.717) is 5.69 Å². The van der Waals surface area contributed by atoms with Gasteiger partial charge in [-0.05, 0) is 25.1 Å². The number of ether oxygens (including phenoxy) is 1. The second-order valence-electron chi connectivity index (χ2n) is 4.54. The molecule has 0 aliphatic carbocycles. The maximum Gasteiger partial charge on any atom is 0.433 e. The summed E-state index contributed by atoms with van der Waals surface area (Å²) in [7, 11) is 1.57. The summed E-state index contributed by atoms with van der Waals surface area (Å²) in [6.45, 7) is 1.90. The smallest absolute Gasteiger partial charge is 0.433 e. The number of hydrogen-bond acceptors (Lipinski definition) is 3. The largest absolute Gasteiger partial charge is 0.496 e. The van der Waals surface area contributed by atoms with Crippen molar-refractivity contribution in [3.05, 3.63) is 53.9 Å². The maximum atomic E-state index is 12.4. The molecule has 3 nitrogen and oxygen atoms in total. The van der Waals surface area contributed by atoms with Crippen LogP contribution in [0.5, 0.6) is 5.75 Å². The van der Waals surface area contributed by atoms with Crippen molar-refractivity contribution in [2.45, 2.75) is 19.1 Å². The van der Waals surface area contributed by atoms with E-state index >= 15 is 0 Å². The van der Waals surface area contributed by atoms with Crippen molar-refractivity contribution < 1.29 is 17.9 Å². The predicted octanol–water partition coefficient (Wildman–Crippen LogP) is 4.28. The van der Waals surface area contributed by atoms with Gasteiger partial charge in [0.1, 0.15) is 11.4 Å². The van der Waals surface area contributed by atoms with E-state index in [1.165, 1.54) is 12.3 Å². The summed E-state index contributed by atoms with van der Waals surface area (Å²) in [4.78, 5) is 3.42. The molecular weight excluding hydrogens is 281 g/mol. The molecule has 112 valence electrons. The molecular formula is C15H15F3N2O. The Morgan fingerprint density at radius 2 is 1.86 bits per heavy atom. The minimum absolute atomic E-state index is 0.125. The average Bonchev–Trinajstić information content (AvgIpc) is 2.46. The highest BCUT2D eigenvalue weighted by molar-refractivity contribution is 5.46. The number of anilines is 1. The zero-order chi connectivity index (χ0) is 15.5. The number of benzene rings is 1. The van der Waals surface area contributed by atoms with Gasteiger partial charge in [-0.25, -0.2) is 4.98 Å². The molecule has 6 heteroatoms. The van der Waals surface area contributed by atoms with Crippen LogP contribution in [0.1, 0.15) is 24.2 Å². The zero-order valence-electron chi connectivity index (χ0n) is 11.6. The highest BCUT2D eigenvalue weighted by Crippen LogP contribution is 2.30. The highest BCUT2D eigenvalue weighted by atomic mass is 19.4. The van der Waals surface area contributed by atoms with Crippen molar-refractivity contribution in [1.82, 2.24) is 4.98 Å². The normalized spacial score (nSPS) is 12.8. The van der Waals surface area contributed by atoms with Crippen LogP contribution in [0.15, 0.2) is 42.6 Å². The molecule has 2 rings (SSSR count). The van der Waals surface area contributed by atoms with Crippen molar-refractivity contribution >= 4 is 5.69 Å². The third-order valence-electron chi connectivity index (χ3n) is 3.04. The first kappa shape index (κ1) is 15.2. The van der Waals surface area contributed by atoms with Crippen LogP contribution >= 0.6 is 0 Å². The van der Waals surface area contributed by atoms with Crippen LogP contribution in [0.2, 0.25) is 0 Å². The lowest BCUT2D eigenvalue weighted by atomic mass is 10.1. The Morgan fingerprint density at radius 1 is 1.14 bits per heavy atom. The molecule has 1 N–H and O–H groups in total. The van der Waals surface area contributed by atoms with Gasteiger partial charge in [0.05, 0.1) is 25.0 Å². The average molecular weight is 296 g/mol. The van der Waals surface area contributed by atoms with Crippen molar-refractivity contribution in [3.63, 3.8) is 0 Å². The number of aromatic nitrogens is 1. The second-order valence-corrected chi connectivity index (χ2v) is 4.54. The Bertz CT molecular complexity index is 597. The van der Waals surface area contributed by atoms with E-state index in [-0.39, 0.29) is 6.04 Å². The maximum absolute atomic E-state index is 12.4. The summed E-state index contributed by atoms with van der Waals surface area (Å²) >= 11 is 0. The third kappa shape index (κ3) is 3.65. The van der Waals surface area contributed by atoms with Crippen molar-refractivity contribution in [2.75, 3.05) is 12.4 Å². The predicted molar refractivity (Wildman–Crippen MR) is 74.3 cm³/mol. The molecule has 0 saturated carbocycles.